The van der Waals surface area contributed by atoms with Crippen molar-refractivity contribution in [2.24, 2.45) is 0 Å². The quantitative estimate of drug-likeness (QED) is 0.600. The molecule has 2 rings (SSSR count). The maximum Gasteiger partial charge on any atom is 0.115 e. The fourth-order valence-corrected chi connectivity index (χ4v) is 2.23. The Morgan fingerprint density at radius 1 is 1.21 bits per heavy atom. The number of aromatic hydroxyl groups is 1. The molecule has 0 amide bonds. The van der Waals surface area contributed by atoms with Crippen LogP contribution in [0.5, 0.6) is 5.75 Å². The van der Waals surface area contributed by atoms with E-state index < -0.39 is 0 Å². The van der Waals surface area contributed by atoms with Crippen molar-refractivity contribution >= 4 is 5.70 Å². The second-order valence-corrected chi connectivity index (χ2v) is 4.97. The highest BCUT2D eigenvalue weighted by molar-refractivity contribution is 5.68. The van der Waals surface area contributed by atoms with E-state index in [1.54, 1.807) is 12.1 Å². The lowest BCUT2D eigenvalue weighted by Gasteiger charge is -2.23. The zero-order chi connectivity index (χ0) is 13.5. The Kier molecular flexibility index (Phi) is 4.92. The van der Waals surface area contributed by atoms with E-state index in [0.29, 0.717) is 5.75 Å². The first-order valence-corrected chi connectivity index (χ1v) is 7.00. The SMILES string of the molecule is C#CCCCCNC(=C1CCC1)c1ccc(O)cc1. The minimum absolute atomic E-state index is 0.315. The highest BCUT2D eigenvalue weighted by atomic mass is 16.3. The summed E-state index contributed by atoms with van der Waals surface area (Å²) in [6, 6.07) is 7.44. The van der Waals surface area contributed by atoms with Gasteiger partial charge in [-0.05, 0) is 67.5 Å². The summed E-state index contributed by atoms with van der Waals surface area (Å²) >= 11 is 0. The standard InChI is InChI=1S/C17H21NO/c1-2-3-4-5-13-18-17(14-7-6-8-14)15-9-11-16(19)12-10-15/h1,9-12,18-19H,3-8,13H2. The van der Waals surface area contributed by atoms with Crippen molar-refractivity contribution in [1.29, 1.82) is 0 Å². The molecule has 0 heterocycles. The molecule has 1 aromatic carbocycles. The van der Waals surface area contributed by atoms with Crippen molar-refractivity contribution in [1.82, 2.24) is 5.32 Å². The van der Waals surface area contributed by atoms with Crippen molar-refractivity contribution in [3.63, 3.8) is 0 Å². The van der Waals surface area contributed by atoms with Gasteiger partial charge in [0.1, 0.15) is 5.75 Å². The number of phenolic OH excluding ortho intramolecular Hbond substituents is 1. The molecule has 0 atom stereocenters. The molecule has 0 aromatic heterocycles. The number of terminal acetylenes is 1. The number of hydrogen-bond acceptors (Lipinski definition) is 2. The molecule has 0 spiro atoms. The summed E-state index contributed by atoms with van der Waals surface area (Å²) in [6.45, 7) is 0.960. The van der Waals surface area contributed by atoms with E-state index in [0.717, 1.165) is 25.8 Å². The molecular formula is C17H21NO. The molecule has 19 heavy (non-hydrogen) atoms. The van der Waals surface area contributed by atoms with Gasteiger partial charge in [-0.1, -0.05) is 0 Å². The summed E-state index contributed by atoms with van der Waals surface area (Å²) in [5, 5.41) is 12.9. The van der Waals surface area contributed by atoms with Crippen LogP contribution in [0.15, 0.2) is 29.8 Å². The predicted octanol–water partition coefficient (Wildman–Crippen LogP) is 3.68. The minimum Gasteiger partial charge on any atom is -0.508 e. The third-order valence-corrected chi connectivity index (χ3v) is 3.52. The molecule has 1 aliphatic carbocycles. The Morgan fingerprint density at radius 2 is 1.95 bits per heavy atom. The van der Waals surface area contributed by atoms with E-state index >= 15 is 0 Å². The van der Waals surface area contributed by atoms with Gasteiger partial charge in [0.15, 0.2) is 0 Å². The Labute approximate surface area is 115 Å². The number of phenols is 1. The average molecular weight is 255 g/mol. The van der Waals surface area contributed by atoms with E-state index in [9.17, 15) is 5.11 Å². The van der Waals surface area contributed by atoms with Crippen molar-refractivity contribution in [2.75, 3.05) is 6.54 Å². The highest BCUT2D eigenvalue weighted by Gasteiger charge is 2.15. The maximum atomic E-state index is 9.37. The largest absolute Gasteiger partial charge is 0.508 e. The number of nitrogens with one attached hydrogen (secondary N) is 1. The maximum absolute atomic E-state index is 9.37. The molecule has 2 heteroatoms. The van der Waals surface area contributed by atoms with Gasteiger partial charge in [-0.25, -0.2) is 0 Å². The van der Waals surface area contributed by atoms with Crippen LogP contribution >= 0.6 is 0 Å². The van der Waals surface area contributed by atoms with E-state index in [1.807, 2.05) is 12.1 Å². The average Bonchev–Trinajstić information content (AvgIpc) is 2.36. The van der Waals surface area contributed by atoms with Gasteiger partial charge in [0.2, 0.25) is 0 Å². The third kappa shape index (κ3) is 3.79. The third-order valence-electron chi connectivity index (χ3n) is 3.52. The molecule has 1 aliphatic rings. The van der Waals surface area contributed by atoms with Crippen LogP contribution in [0.3, 0.4) is 0 Å². The summed E-state index contributed by atoms with van der Waals surface area (Å²) in [4.78, 5) is 0. The van der Waals surface area contributed by atoms with Crippen LogP contribution in [0.1, 0.15) is 44.1 Å². The van der Waals surface area contributed by atoms with Crippen LogP contribution in [-0.4, -0.2) is 11.7 Å². The fraction of sp³-hybridized carbons (Fsp3) is 0.412. The molecule has 2 N–H and O–H groups in total. The molecule has 2 nitrogen and oxygen atoms in total. The van der Waals surface area contributed by atoms with Gasteiger partial charge in [0.25, 0.3) is 0 Å². The van der Waals surface area contributed by atoms with Gasteiger partial charge in [0, 0.05) is 18.7 Å². The molecule has 0 radical (unpaired) electrons. The summed E-state index contributed by atoms with van der Waals surface area (Å²) in [7, 11) is 0. The first-order valence-electron chi connectivity index (χ1n) is 7.00. The van der Waals surface area contributed by atoms with Crippen molar-refractivity contribution < 1.29 is 5.11 Å². The Hall–Kier alpha value is -1.88. The van der Waals surface area contributed by atoms with Crippen LogP contribution in [0.4, 0.5) is 0 Å². The lowest BCUT2D eigenvalue weighted by Crippen LogP contribution is -2.18. The molecule has 0 aliphatic heterocycles. The van der Waals surface area contributed by atoms with Gasteiger partial charge in [-0.3, -0.25) is 0 Å². The first kappa shape index (κ1) is 13.5. The first-order chi connectivity index (χ1) is 9.31. The van der Waals surface area contributed by atoms with Gasteiger partial charge in [0.05, 0.1) is 0 Å². The van der Waals surface area contributed by atoms with Crippen molar-refractivity contribution in [2.45, 2.75) is 38.5 Å². The number of benzene rings is 1. The highest BCUT2D eigenvalue weighted by Crippen LogP contribution is 2.32. The van der Waals surface area contributed by atoms with Crippen molar-refractivity contribution in [3.8, 4) is 18.1 Å². The molecule has 1 aromatic rings. The monoisotopic (exact) mass is 255 g/mol. The number of unbranched alkanes of at least 4 members (excludes halogenated alkanes) is 2. The molecule has 1 saturated carbocycles. The number of hydrogen-bond donors (Lipinski definition) is 2. The van der Waals surface area contributed by atoms with Crippen LogP contribution < -0.4 is 5.32 Å². The zero-order valence-electron chi connectivity index (χ0n) is 11.3. The van der Waals surface area contributed by atoms with Gasteiger partial charge in [-0.15, -0.1) is 12.3 Å². The van der Waals surface area contributed by atoms with Gasteiger partial charge >= 0.3 is 0 Å². The van der Waals surface area contributed by atoms with Gasteiger partial charge < -0.3 is 10.4 Å². The normalized spacial score (nSPS) is 13.5. The van der Waals surface area contributed by atoms with E-state index in [1.165, 1.54) is 36.1 Å². The number of allylic oxidation sites excluding steroid dienone is 1. The van der Waals surface area contributed by atoms with Crippen LogP contribution in [0.25, 0.3) is 5.70 Å². The molecular weight excluding hydrogens is 234 g/mol. The lowest BCUT2D eigenvalue weighted by atomic mass is 9.88. The summed E-state index contributed by atoms with van der Waals surface area (Å²) in [5.41, 5.74) is 3.93. The molecule has 0 saturated heterocycles. The smallest absolute Gasteiger partial charge is 0.115 e. The minimum atomic E-state index is 0.315. The van der Waals surface area contributed by atoms with Crippen LogP contribution in [0, 0.1) is 12.3 Å². The number of rotatable bonds is 6. The van der Waals surface area contributed by atoms with Crippen molar-refractivity contribution in [3.05, 3.63) is 35.4 Å². The lowest BCUT2D eigenvalue weighted by molar-refractivity contribution is 0.475. The second-order valence-electron chi connectivity index (χ2n) is 4.97. The molecule has 100 valence electrons. The topological polar surface area (TPSA) is 32.3 Å². The molecule has 0 bridgehead atoms. The van der Waals surface area contributed by atoms with E-state index in [-0.39, 0.29) is 0 Å². The Morgan fingerprint density at radius 3 is 2.53 bits per heavy atom. The summed E-state index contributed by atoms with van der Waals surface area (Å²) in [6.07, 6.45) is 11.9. The summed E-state index contributed by atoms with van der Waals surface area (Å²) < 4.78 is 0. The second kappa shape index (κ2) is 6.89. The summed E-state index contributed by atoms with van der Waals surface area (Å²) in [5.74, 6) is 2.99. The van der Waals surface area contributed by atoms with E-state index in [4.69, 9.17) is 6.42 Å². The fourth-order valence-electron chi connectivity index (χ4n) is 2.23. The van der Waals surface area contributed by atoms with Gasteiger partial charge in [-0.2, -0.15) is 0 Å². The van der Waals surface area contributed by atoms with E-state index in [2.05, 4.69) is 11.2 Å². The predicted molar refractivity (Wildman–Crippen MR) is 79.6 cm³/mol. The Bertz CT molecular complexity index is 473. The van der Waals surface area contributed by atoms with Crippen LogP contribution in [-0.2, 0) is 0 Å². The zero-order valence-corrected chi connectivity index (χ0v) is 11.3. The molecule has 1 fully saturated rings. The molecule has 0 unspecified atom stereocenters. The van der Waals surface area contributed by atoms with Crippen LogP contribution in [0.2, 0.25) is 0 Å². The Balaban J connectivity index is 1.98.